The van der Waals surface area contributed by atoms with Gasteiger partial charge in [0, 0.05) is 32.3 Å². The van der Waals surface area contributed by atoms with E-state index < -0.39 is 32.4 Å². The zero-order chi connectivity index (χ0) is 15.3. The van der Waals surface area contributed by atoms with Gasteiger partial charge in [-0.15, -0.1) is 0 Å². The molecule has 1 aromatic rings. The summed E-state index contributed by atoms with van der Waals surface area (Å²) in [5.41, 5.74) is 0. The van der Waals surface area contributed by atoms with Crippen LogP contribution in [-0.2, 0) is 10.0 Å². The molecule has 0 amide bonds. The fourth-order valence-corrected chi connectivity index (χ4v) is 2.97. The summed E-state index contributed by atoms with van der Waals surface area (Å²) in [6.07, 6.45) is 1.55. The topological polar surface area (TPSA) is 57.6 Å². The molecule has 0 aliphatic rings. The lowest BCUT2D eigenvalue weighted by Crippen LogP contribution is -2.29. The second kappa shape index (κ2) is 7.05. The molecule has 114 valence electrons. The maximum Gasteiger partial charge on any atom is 0.248 e. The molecule has 0 saturated heterocycles. The van der Waals surface area contributed by atoms with Crippen LogP contribution in [0.4, 0.5) is 13.2 Å². The molecule has 1 aromatic carbocycles. The van der Waals surface area contributed by atoms with E-state index in [0.717, 1.165) is 4.31 Å². The fraction of sp³-hybridized carbons (Fsp3) is 0.500. The minimum atomic E-state index is -4.35. The smallest absolute Gasteiger partial charge is 0.248 e. The van der Waals surface area contributed by atoms with Gasteiger partial charge in [-0.3, -0.25) is 0 Å². The molecule has 0 aliphatic carbocycles. The number of nitrogens with zero attached hydrogens (tertiary/aromatic N) is 1. The average molecular weight is 311 g/mol. The largest absolute Gasteiger partial charge is 0.396 e. The zero-order valence-electron chi connectivity index (χ0n) is 10.9. The Kier molecular flexibility index (Phi) is 5.97. The average Bonchev–Trinajstić information content (AvgIpc) is 2.32. The van der Waals surface area contributed by atoms with Crippen LogP contribution >= 0.6 is 0 Å². The molecule has 8 heteroatoms. The highest BCUT2D eigenvalue weighted by molar-refractivity contribution is 7.89. The molecule has 0 radical (unpaired) electrons. The van der Waals surface area contributed by atoms with Crippen LogP contribution in [0.3, 0.4) is 0 Å². The summed E-state index contributed by atoms with van der Waals surface area (Å²) in [5, 5.41) is 8.60. The van der Waals surface area contributed by atoms with Gasteiger partial charge in [-0.2, -0.15) is 0 Å². The van der Waals surface area contributed by atoms with E-state index in [9.17, 15) is 21.6 Å². The summed E-state index contributed by atoms with van der Waals surface area (Å²) < 4.78 is 64.6. The van der Waals surface area contributed by atoms with E-state index in [1.165, 1.54) is 7.05 Å². The van der Waals surface area contributed by atoms with Crippen LogP contribution in [0.5, 0.6) is 0 Å². The molecule has 0 bridgehead atoms. The normalized spacial score (nSPS) is 12.1. The van der Waals surface area contributed by atoms with E-state index in [-0.39, 0.29) is 13.2 Å². The Balaban J connectivity index is 2.93. The summed E-state index contributed by atoms with van der Waals surface area (Å²) in [6, 6.07) is 0.658. The number of sulfonamides is 1. The van der Waals surface area contributed by atoms with Crippen molar-refractivity contribution in [3.63, 3.8) is 0 Å². The number of benzene rings is 1. The summed E-state index contributed by atoms with van der Waals surface area (Å²) in [7, 11) is -3.16. The Morgan fingerprint density at radius 2 is 1.65 bits per heavy atom. The molecule has 0 atom stereocenters. The van der Waals surface area contributed by atoms with Crippen LogP contribution < -0.4 is 0 Å². The van der Waals surface area contributed by atoms with E-state index in [1.54, 1.807) is 0 Å². The number of hydrogen-bond donors (Lipinski definition) is 1. The summed E-state index contributed by atoms with van der Waals surface area (Å²) in [6.45, 7) is 0.0519. The molecule has 0 aromatic heterocycles. The first-order valence-corrected chi connectivity index (χ1v) is 7.46. The molecule has 20 heavy (non-hydrogen) atoms. The first-order chi connectivity index (χ1) is 9.30. The van der Waals surface area contributed by atoms with Gasteiger partial charge in [0.2, 0.25) is 10.0 Å². The van der Waals surface area contributed by atoms with Crippen LogP contribution in [0.15, 0.2) is 17.0 Å². The summed E-state index contributed by atoms with van der Waals surface area (Å²) in [5.74, 6) is -4.08. The Morgan fingerprint density at radius 3 is 2.15 bits per heavy atom. The number of hydrogen-bond acceptors (Lipinski definition) is 3. The highest BCUT2D eigenvalue weighted by Crippen LogP contribution is 2.23. The maximum atomic E-state index is 13.5. The molecule has 0 spiro atoms. The van der Waals surface area contributed by atoms with Gasteiger partial charge in [-0.25, -0.2) is 25.9 Å². The van der Waals surface area contributed by atoms with Crippen LogP contribution in [0.25, 0.3) is 0 Å². The molecular formula is C12H16F3NO3S. The van der Waals surface area contributed by atoms with Crippen LogP contribution in [0.2, 0.25) is 0 Å². The Hall–Kier alpha value is -1.12. The monoisotopic (exact) mass is 311 g/mol. The second-order valence-electron chi connectivity index (χ2n) is 4.31. The van der Waals surface area contributed by atoms with Gasteiger partial charge >= 0.3 is 0 Å². The molecule has 0 fully saturated rings. The van der Waals surface area contributed by atoms with Crippen LogP contribution in [-0.4, -0.2) is 38.0 Å². The summed E-state index contributed by atoms with van der Waals surface area (Å²) in [4.78, 5) is -1.15. The van der Waals surface area contributed by atoms with Crippen molar-refractivity contribution in [2.75, 3.05) is 20.2 Å². The number of aliphatic hydroxyl groups excluding tert-OH is 1. The van der Waals surface area contributed by atoms with Gasteiger partial charge in [0.1, 0.15) is 17.5 Å². The third-order valence-corrected chi connectivity index (χ3v) is 4.67. The lowest BCUT2D eigenvalue weighted by Gasteiger charge is -2.17. The lowest BCUT2D eigenvalue weighted by molar-refractivity contribution is 0.281. The third kappa shape index (κ3) is 3.94. The van der Waals surface area contributed by atoms with Crippen molar-refractivity contribution in [3.05, 3.63) is 29.6 Å². The standard InChI is InChI=1S/C12H16F3NO3S/c1-16(5-3-2-4-6-17)20(18,19)12-10(14)7-9(13)8-11(12)15/h7-8,17H,2-6H2,1H3. The molecule has 4 nitrogen and oxygen atoms in total. The molecule has 1 rings (SSSR count). The Labute approximate surface area is 115 Å². The maximum absolute atomic E-state index is 13.5. The lowest BCUT2D eigenvalue weighted by atomic mass is 10.2. The minimum absolute atomic E-state index is 0.00230. The molecule has 0 unspecified atom stereocenters. The van der Waals surface area contributed by atoms with E-state index in [1.807, 2.05) is 0 Å². The van der Waals surface area contributed by atoms with Crippen molar-refractivity contribution in [1.29, 1.82) is 0 Å². The fourth-order valence-electron chi connectivity index (χ4n) is 1.67. The number of halogens is 3. The molecule has 0 heterocycles. The van der Waals surface area contributed by atoms with E-state index in [0.29, 0.717) is 31.4 Å². The quantitative estimate of drug-likeness (QED) is 0.782. The Morgan fingerprint density at radius 1 is 1.10 bits per heavy atom. The van der Waals surface area contributed by atoms with Gasteiger partial charge in [0.25, 0.3) is 0 Å². The van der Waals surface area contributed by atoms with Gasteiger partial charge in [-0.05, 0) is 19.3 Å². The molecular weight excluding hydrogens is 295 g/mol. The molecule has 1 N–H and O–H groups in total. The van der Waals surface area contributed by atoms with Crippen molar-refractivity contribution < 1.29 is 26.7 Å². The highest BCUT2D eigenvalue weighted by atomic mass is 32.2. The predicted octanol–water partition coefficient (Wildman–Crippen LogP) is 1.89. The second-order valence-corrected chi connectivity index (χ2v) is 6.29. The van der Waals surface area contributed by atoms with Gasteiger partial charge in [-0.1, -0.05) is 0 Å². The predicted molar refractivity (Wildman–Crippen MR) is 67.1 cm³/mol. The number of rotatable bonds is 7. The van der Waals surface area contributed by atoms with Crippen molar-refractivity contribution in [2.24, 2.45) is 0 Å². The van der Waals surface area contributed by atoms with E-state index in [4.69, 9.17) is 5.11 Å². The third-order valence-electron chi connectivity index (χ3n) is 2.76. The van der Waals surface area contributed by atoms with Gasteiger partial charge in [0.05, 0.1) is 0 Å². The SMILES string of the molecule is CN(CCCCCO)S(=O)(=O)c1c(F)cc(F)cc1F. The number of aliphatic hydroxyl groups is 1. The van der Waals surface area contributed by atoms with Gasteiger partial charge in [0.15, 0.2) is 4.90 Å². The zero-order valence-corrected chi connectivity index (χ0v) is 11.8. The van der Waals surface area contributed by atoms with Crippen LogP contribution in [0, 0.1) is 17.5 Å². The minimum Gasteiger partial charge on any atom is -0.396 e. The van der Waals surface area contributed by atoms with Crippen molar-refractivity contribution in [1.82, 2.24) is 4.31 Å². The molecule has 0 saturated carbocycles. The summed E-state index contributed by atoms with van der Waals surface area (Å²) >= 11 is 0. The van der Waals surface area contributed by atoms with Crippen molar-refractivity contribution in [2.45, 2.75) is 24.2 Å². The first-order valence-electron chi connectivity index (χ1n) is 6.02. The van der Waals surface area contributed by atoms with Crippen molar-refractivity contribution >= 4 is 10.0 Å². The van der Waals surface area contributed by atoms with Crippen LogP contribution in [0.1, 0.15) is 19.3 Å². The number of unbranched alkanes of at least 4 members (excludes halogenated alkanes) is 2. The Bertz CT molecular complexity index is 540. The van der Waals surface area contributed by atoms with Gasteiger partial charge < -0.3 is 5.11 Å². The highest BCUT2D eigenvalue weighted by Gasteiger charge is 2.28. The van der Waals surface area contributed by atoms with E-state index >= 15 is 0 Å². The van der Waals surface area contributed by atoms with E-state index in [2.05, 4.69) is 0 Å². The first kappa shape index (κ1) is 16.9. The van der Waals surface area contributed by atoms with Crippen molar-refractivity contribution in [3.8, 4) is 0 Å². The molecule has 0 aliphatic heterocycles.